The van der Waals surface area contributed by atoms with Gasteiger partial charge in [0.15, 0.2) is 5.58 Å². The number of ether oxygens (including phenoxy) is 1. The number of aryl methyl sites for hydroxylation is 1. The summed E-state index contributed by atoms with van der Waals surface area (Å²) in [6, 6.07) is 5.70. The highest BCUT2D eigenvalue weighted by atomic mass is 16.5. The van der Waals surface area contributed by atoms with Gasteiger partial charge in [-0.3, -0.25) is 4.90 Å². The van der Waals surface area contributed by atoms with Gasteiger partial charge in [-0.25, -0.2) is 15.0 Å². The molecular weight excluding hydrogens is 370 g/mol. The zero-order chi connectivity index (χ0) is 20.0. The van der Waals surface area contributed by atoms with Crippen LogP contribution in [0.15, 0.2) is 28.9 Å². The quantitative estimate of drug-likeness (QED) is 0.715. The SMILES string of the molecule is Cc1ncnc(N2CCN(Cc3nc4ccc(C5(O)COC5)cc4o3)CC2)c1C. The van der Waals surface area contributed by atoms with E-state index >= 15 is 0 Å². The second kappa shape index (κ2) is 7.05. The molecule has 3 aromatic rings. The van der Waals surface area contributed by atoms with E-state index in [4.69, 9.17) is 9.15 Å². The molecule has 2 fully saturated rings. The van der Waals surface area contributed by atoms with Crippen LogP contribution in [0.5, 0.6) is 0 Å². The molecule has 5 rings (SSSR count). The van der Waals surface area contributed by atoms with Crippen molar-refractivity contribution in [1.29, 1.82) is 0 Å². The highest BCUT2D eigenvalue weighted by Gasteiger charge is 2.38. The molecule has 8 nitrogen and oxygen atoms in total. The molecule has 2 aliphatic rings. The molecule has 0 saturated carbocycles. The molecule has 0 unspecified atom stereocenters. The third kappa shape index (κ3) is 3.37. The summed E-state index contributed by atoms with van der Waals surface area (Å²) in [5.74, 6) is 1.74. The number of aliphatic hydroxyl groups is 1. The molecule has 2 saturated heterocycles. The topological polar surface area (TPSA) is 87.8 Å². The van der Waals surface area contributed by atoms with Gasteiger partial charge in [0.25, 0.3) is 0 Å². The van der Waals surface area contributed by atoms with Crippen molar-refractivity contribution >= 4 is 16.9 Å². The number of hydrogen-bond acceptors (Lipinski definition) is 8. The molecule has 4 heterocycles. The summed E-state index contributed by atoms with van der Waals surface area (Å²) in [5.41, 5.74) is 3.63. The number of oxazole rings is 1. The Morgan fingerprint density at radius 3 is 2.62 bits per heavy atom. The summed E-state index contributed by atoms with van der Waals surface area (Å²) in [6.07, 6.45) is 1.64. The van der Waals surface area contributed by atoms with Gasteiger partial charge in [0.1, 0.15) is 23.3 Å². The second-order valence-corrected chi connectivity index (χ2v) is 7.99. The Labute approximate surface area is 169 Å². The van der Waals surface area contributed by atoms with Gasteiger partial charge in [0, 0.05) is 37.4 Å². The predicted octanol–water partition coefficient (Wildman–Crippen LogP) is 1.77. The van der Waals surface area contributed by atoms with Crippen LogP contribution < -0.4 is 4.90 Å². The lowest BCUT2D eigenvalue weighted by atomic mass is 9.92. The molecule has 0 amide bonds. The zero-order valence-corrected chi connectivity index (χ0v) is 16.8. The van der Waals surface area contributed by atoms with Crippen molar-refractivity contribution in [3.8, 4) is 0 Å². The summed E-state index contributed by atoms with van der Waals surface area (Å²) in [7, 11) is 0. The van der Waals surface area contributed by atoms with E-state index in [1.165, 1.54) is 0 Å². The van der Waals surface area contributed by atoms with Crippen LogP contribution in [0.2, 0.25) is 0 Å². The Balaban J connectivity index is 1.25. The van der Waals surface area contributed by atoms with Gasteiger partial charge < -0.3 is 19.2 Å². The highest BCUT2D eigenvalue weighted by molar-refractivity contribution is 5.73. The average Bonchev–Trinajstić information content (AvgIpc) is 3.10. The smallest absolute Gasteiger partial charge is 0.209 e. The lowest BCUT2D eigenvalue weighted by molar-refractivity contribution is -0.184. The van der Waals surface area contributed by atoms with Gasteiger partial charge in [-0.05, 0) is 31.5 Å². The number of anilines is 1. The molecule has 2 aromatic heterocycles. The van der Waals surface area contributed by atoms with Crippen molar-refractivity contribution in [1.82, 2.24) is 19.9 Å². The van der Waals surface area contributed by atoms with Crippen molar-refractivity contribution in [3.05, 3.63) is 47.2 Å². The van der Waals surface area contributed by atoms with Gasteiger partial charge in [-0.15, -0.1) is 0 Å². The van der Waals surface area contributed by atoms with Crippen LogP contribution in [0, 0.1) is 13.8 Å². The molecule has 0 bridgehead atoms. The lowest BCUT2D eigenvalue weighted by Gasteiger charge is -2.36. The highest BCUT2D eigenvalue weighted by Crippen LogP contribution is 2.31. The standard InChI is InChI=1S/C21H25N5O3/c1-14-15(2)22-13-23-20(14)26-7-5-25(6-8-26)10-19-24-17-4-3-16(9-18(17)29-19)21(27)11-28-12-21/h3-4,9,13,27H,5-8,10-12H2,1-2H3. The van der Waals surface area contributed by atoms with Crippen molar-refractivity contribution in [2.75, 3.05) is 44.3 Å². The van der Waals surface area contributed by atoms with E-state index in [0.29, 0.717) is 31.2 Å². The van der Waals surface area contributed by atoms with Crippen LogP contribution in [-0.2, 0) is 16.9 Å². The number of hydrogen-bond donors (Lipinski definition) is 1. The number of fused-ring (bicyclic) bond motifs is 1. The van der Waals surface area contributed by atoms with E-state index in [-0.39, 0.29) is 0 Å². The van der Waals surface area contributed by atoms with Gasteiger partial charge in [-0.2, -0.15) is 0 Å². The molecule has 0 atom stereocenters. The molecular formula is C21H25N5O3. The minimum Gasteiger partial charge on any atom is -0.439 e. The summed E-state index contributed by atoms with van der Waals surface area (Å²) < 4.78 is 11.1. The van der Waals surface area contributed by atoms with E-state index in [0.717, 1.165) is 54.3 Å². The summed E-state index contributed by atoms with van der Waals surface area (Å²) in [4.78, 5) is 18.0. The van der Waals surface area contributed by atoms with Crippen LogP contribution in [0.4, 0.5) is 5.82 Å². The zero-order valence-electron chi connectivity index (χ0n) is 16.8. The molecule has 0 radical (unpaired) electrons. The van der Waals surface area contributed by atoms with Crippen LogP contribution in [0.1, 0.15) is 22.7 Å². The number of rotatable bonds is 4. The molecule has 29 heavy (non-hydrogen) atoms. The van der Waals surface area contributed by atoms with Crippen molar-refractivity contribution in [3.63, 3.8) is 0 Å². The van der Waals surface area contributed by atoms with E-state index in [1.54, 1.807) is 6.33 Å². The summed E-state index contributed by atoms with van der Waals surface area (Å²) in [6.45, 7) is 9.09. The molecule has 1 N–H and O–H groups in total. The number of piperazine rings is 1. The minimum absolute atomic E-state index is 0.328. The van der Waals surface area contributed by atoms with E-state index < -0.39 is 5.60 Å². The van der Waals surface area contributed by atoms with Crippen LogP contribution in [0.25, 0.3) is 11.1 Å². The number of nitrogens with zero attached hydrogens (tertiary/aromatic N) is 5. The van der Waals surface area contributed by atoms with Gasteiger partial charge in [0.05, 0.1) is 19.8 Å². The summed E-state index contributed by atoms with van der Waals surface area (Å²) >= 11 is 0. The fraction of sp³-hybridized carbons (Fsp3) is 0.476. The van der Waals surface area contributed by atoms with Crippen molar-refractivity contribution in [2.45, 2.75) is 26.0 Å². The molecule has 0 aliphatic carbocycles. The average molecular weight is 395 g/mol. The minimum atomic E-state index is -0.894. The van der Waals surface area contributed by atoms with Crippen molar-refractivity contribution < 1.29 is 14.3 Å². The fourth-order valence-corrected chi connectivity index (χ4v) is 3.95. The maximum Gasteiger partial charge on any atom is 0.209 e. The first kappa shape index (κ1) is 18.5. The normalized spacial score (nSPS) is 19.5. The largest absolute Gasteiger partial charge is 0.439 e. The fourth-order valence-electron chi connectivity index (χ4n) is 3.95. The van der Waals surface area contributed by atoms with Gasteiger partial charge in [0.2, 0.25) is 5.89 Å². The Morgan fingerprint density at radius 2 is 1.90 bits per heavy atom. The Kier molecular flexibility index (Phi) is 4.49. The first-order chi connectivity index (χ1) is 14.0. The monoisotopic (exact) mass is 395 g/mol. The molecule has 152 valence electrons. The van der Waals surface area contributed by atoms with Gasteiger partial charge >= 0.3 is 0 Å². The predicted molar refractivity (Wildman–Crippen MR) is 108 cm³/mol. The third-order valence-corrected chi connectivity index (χ3v) is 5.99. The van der Waals surface area contributed by atoms with Gasteiger partial charge in [-0.1, -0.05) is 6.07 Å². The Morgan fingerprint density at radius 1 is 1.10 bits per heavy atom. The molecule has 8 heteroatoms. The molecule has 0 spiro atoms. The molecule has 1 aromatic carbocycles. The number of benzene rings is 1. The third-order valence-electron chi connectivity index (χ3n) is 5.99. The van der Waals surface area contributed by atoms with E-state index in [1.807, 2.05) is 25.1 Å². The summed E-state index contributed by atoms with van der Waals surface area (Å²) in [5, 5.41) is 10.5. The second-order valence-electron chi connectivity index (χ2n) is 7.99. The maximum atomic E-state index is 10.5. The Hall–Kier alpha value is -2.55. The van der Waals surface area contributed by atoms with Crippen LogP contribution >= 0.6 is 0 Å². The van der Waals surface area contributed by atoms with Crippen molar-refractivity contribution in [2.24, 2.45) is 0 Å². The first-order valence-corrected chi connectivity index (χ1v) is 9.97. The lowest BCUT2D eigenvalue weighted by Crippen LogP contribution is -2.46. The first-order valence-electron chi connectivity index (χ1n) is 9.97. The Bertz CT molecular complexity index is 1040. The van der Waals surface area contributed by atoms with Crippen LogP contribution in [0.3, 0.4) is 0 Å². The maximum absolute atomic E-state index is 10.5. The van der Waals surface area contributed by atoms with E-state index in [9.17, 15) is 5.11 Å². The molecule has 2 aliphatic heterocycles. The number of aromatic nitrogens is 3. The van der Waals surface area contributed by atoms with E-state index in [2.05, 4.69) is 31.7 Å². The van der Waals surface area contributed by atoms with Crippen LogP contribution in [-0.4, -0.2) is 64.4 Å².